The number of carbonyl (C=O) groups is 2. The average molecular weight is 404 g/mol. The second-order valence-corrected chi connectivity index (χ2v) is 9.51. The number of carbonyl (C=O) groups excluding carboxylic acids is 2. The number of aromatic nitrogens is 2. The summed E-state index contributed by atoms with van der Waals surface area (Å²) in [5.74, 6) is 0.652. The molecule has 2 rings (SSSR count). The van der Waals surface area contributed by atoms with Crippen molar-refractivity contribution < 1.29 is 14.3 Å². The SMILES string of the molecule is CCOC(=O)c1cn(/C=C/C(C)(C)C)nc1N(C(=O)[C@H]1CC[C@H](C)CC1)C(C)C. The molecule has 1 aliphatic carbocycles. The van der Waals surface area contributed by atoms with Crippen LogP contribution >= 0.6 is 0 Å². The summed E-state index contributed by atoms with van der Waals surface area (Å²) in [6.45, 7) is 14.5. The Labute approximate surface area is 175 Å². The van der Waals surface area contributed by atoms with Gasteiger partial charge in [0.05, 0.1) is 6.61 Å². The number of esters is 1. The Kier molecular flexibility index (Phi) is 7.66. The summed E-state index contributed by atoms with van der Waals surface area (Å²) < 4.78 is 6.85. The van der Waals surface area contributed by atoms with Crippen molar-refractivity contribution in [1.29, 1.82) is 0 Å². The zero-order valence-corrected chi connectivity index (χ0v) is 19.1. The third-order valence-electron chi connectivity index (χ3n) is 5.28. The third kappa shape index (κ3) is 6.18. The van der Waals surface area contributed by atoms with Gasteiger partial charge < -0.3 is 4.74 Å². The van der Waals surface area contributed by atoms with E-state index >= 15 is 0 Å². The van der Waals surface area contributed by atoms with Crippen LogP contribution in [-0.4, -0.2) is 34.3 Å². The topological polar surface area (TPSA) is 64.4 Å². The molecule has 1 aliphatic rings. The highest BCUT2D eigenvalue weighted by atomic mass is 16.5. The molecule has 0 radical (unpaired) electrons. The van der Waals surface area contributed by atoms with Crippen LogP contribution in [-0.2, 0) is 9.53 Å². The first-order chi connectivity index (χ1) is 13.5. The van der Waals surface area contributed by atoms with Crippen LogP contribution in [0.2, 0.25) is 0 Å². The molecule has 1 fully saturated rings. The fraction of sp³-hybridized carbons (Fsp3) is 0.696. The van der Waals surface area contributed by atoms with E-state index in [1.165, 1.54) is 0 Å². The van der Waals surface area contributed by atoms with Gasteiger partial charge in [-0.2, -0.15) is 0 Å². The molecule has 0 unspecified atom stereocenters. The molecule has 1 amide bonds. The molecule has 6 heteroatoms. The molecule has 162 valence electrons. The molecule has 1 heterocycles. The lowest BCUT2D eigenvalue weighted by Crippen LogP contribution is -2.43. The molecule has 0 spiro atoms. The number of anilines is 1. The van der Waals surface area contributed by atoms with Gasteiger partial charge in [0, 0.05) is 24.4 Å². The van der Waals surface area contributed by atoms with E-state index in [9.17, 15) is 9.59 Å². The molecule has 0 bridgehead atoms. The molecular formula is C23H37N3O3. The highest BCUT2D eigenvalue weighted by molar-refractivity contribution is 6.02. The first-order valence-electron chi connectivity index (χ1n) is 10.8. The van der Waals surface area contributed by atoms with Crippen molar-refractivity contribution >= 4 is 23.9 Å². The van der Waals surface area contributed by atoms with Crippen LogP contribution in [0.5, 0.6) is 0 Å². The summed E-state index contributed by atoms with van der Waals surface area (Å²) in [5, 5.41) is 4.60. The molecule has 1 aromatic rings. The van der Waals surface area contributed by atoms with E-state index in [1.807, 2.05) is 26.1 Å². The van der Waals surface area contributed by atoms with Crippen molar-refractivity contribution in [3.05, 3.63) is 17.8 Å². The van der Waals surface area contributed by atoms with Gasteiger partial charge in [-0.1, -0.05) is 33.8 Å². The average Bonchev–Trinajstić information content (AvgIpc) is 3.04. The van der Waals surface area contributed by atoms with Crippen LogP contribution < -0.4 is 4.90 Å². The van der Waals surface area contributed by atoms with E-state index in [1.54, 1.807) is 22.7 Å². The Bertz CT molecular complexity index is 735. The second kappa shape index (κ2) is 9.59. The van der Waals surface area contributed by atoms with E-state index < -0.39 is 5.97 Å². The number of amides is 1. The summed E-state index contributed by atoms with van der Waals surface area (Å²) in [6.07, 6.45) is 9.41. The second-order valence-electron chi connectivity index (χ2n) is 9.51. The van der Waals surface area contributed by atoms with Gasteiger partial charge in [-0.3, -0.25) is 9.69 Å². The van der Waals surface area contributed by atoms with Gasteiger partial charge in [0.15, 0.2) is 5.82 Å². The maximum absolute atomic E-state index is 13.4. The maximum Gasteiger partial charge on any atom is 0.343 e. The van der Waals surface area contributed by atoms with Gasteiger partial charge >= 0.3 is 5.97 Å². The Morgan fingerprint density at radius 1 is 1.28 bits per heavy atom. The minimum atomic E-state index is -0.450. The predicted molar refractivity (Wildman–Crippen MR) is 117 cm³/mol. The highest BCUT2D eigenvalue weighted by Crippen LogP contribution is 2.32. The van der Waals surface area contributed by atoms with Crippen LogP contribution in [0.1, 0.15) is 84.5 Å². The van der Waals surface area contributed by atoms with Crippen molar-refractivity contribution in [2.75, 3.05) is 11.5 Å². The van der Waals surface area contributed by atoms with Gasteiger partial charge in [0.2, 0.25) is 5.91 Å². The first kappa shape index (κ1) is 23.2. The standard InChI is InChI=1S/C23H37N3O3/c1-8-29-22(28)19-15-25(14-13-23(5,6)7)24-20(19)26(16(2)3)21(27)18-11-9-17(4)10-12-18/h13-18H,8-12H2,1-7H3/b14-13+/t17-,18-. The molecule has 1 saturated carbocycles. The number of allylic oxidation sites excluding steroid dienone is 1. The normalized spacial score (nSPS) is 20.3. The fourth-order valence-corrected chi connectivity index (χ4v) is 3.60. The van der Waals surface area contributed by atoms with E-state index in [-0.39, 0.29) is 29.9 Å². The van der Waals surface area contributed by atoms with E-state index in [2.05, 4.69) is 32.8 Å². The minimum Gasteiger partial charge on any atom is -0.462 e. The molecule has 0 N–H and O–H groups in total. The molecule has 29 heavy (non-hydrogen) atoms. The molecular weight excluding hydrogens is 366 g/mol. The van der Waals surface area contributed by atoms with Crippen LogP contribution in [0.25, 0.3) is 6.20 Å². The molecule has 0 aliphatic heterocycles. The van der Waals surface area contributed by atoms with Gasteiger partial charge in [-0.15, -0.1) is 5.10 Å². The number of ether oxygens (including phenoxy) is 1. The first-order valence-corrected chi connectivity index (χ1v) is 10.8. The third-order valence-corrected chi connectivity index (χ3v) is 5.28. The summed E-state index contributed by atoms with van der Waals surface area (Å²) in [6, 6.07) is -0.107. The van der Waals surface area contributed by atoms with Gasteiger partial charge in [-0.05, 0) is 57.8 Å². The largest absolute Gasteiger partial charge is 0.462 e. The summed E-state index contributed by atoms with van der Waals surface area (Å²) >= 11 is 0. The molecule has 0 saturated heterocycles. The van der Waals surface area contributed by atoms with Gasteiger partial charge in [0.1, 0.15) is 5.56 Å². The lowest BCUT2D eigenvalue weighted by Gasteiger charge is -2.32. The molecule has 0 aromatic carbocycles. The predicted octanol–water partition coefficient (Wildman–Crippen LogP) is 5.14. The zero-order valence-electron chi connectivity index (χ0n) is 19.1. The zero-order chi connectivity index (χ0) is 21.8. The number of hydrogen-bond donors (Lipinski definition) is 0. The van der Waals surface area contributed by atoms with Crippen LogP contribution in [0.4, 0.5) is 5.82 Å². The maximum atomic E-state index is 13.4. The molecule has 6 nitrogen and oxygen atoms in total. The highest BCUT2D eigenvalue weighted by Gasteiger charge is 2.34. The minimum absolute atomic E-state index is 0.0149. The van der Waals surface area contributed by atoms with Crippen LogP contribution in [0.3, 0.4) is 0 Å². The van der Waals surface area contributed by atoms with E-state index in [4.69, 9.17) is 4.74 Å². The number of rotatable bonds is 6. The quantitative estimate of drug-likeness (QED) is 0.617. The van der Waals surface area contributed by atoms with E-state index in [0.29, 0.717) is 17.3 Å². The fourth-order valence-electron chi connectivity index (χ4n) is 3.60. The van der Waals surface area contributed by atoms with Crippen molar-refractivity contribution in [2.45, 2.75) is 80.2 Å². The van der Waals surface area contributed by atoms with Gasteiger partial charge in [-0.25, -0.2) is 9.48 Å². The molecule has 1 aromatic heterocycles. The van der Waals surface area contributed by atoms with Crippen molar-refractivity contribution in [1.82, 2.24) is 9.78 Å². The van der Waals surface area contributed by atoms with Crippen molar-refractivity contribution in [3.8, 4) is 0 Å². The monoisotopic (exact) mass is 403 g/mol. The summed E-state index contributed by atoms with van der Waals surface area (Å²) in [7, 11) is 0. The van der Waals surface area contributed by atoms with E-state index in [0.717, 1.165) is 25.7 Å². The lowest BCUT2D eigenvalue weighted by atomic mass is 9.82. The summed E-state index contributed by atoms with van der Waals surface area (Å²) in [4.78, 5) is 27.7. The van der Waals surface area contributed by atoms with Crippen LogP contribution in [0.15, 0.2) is 12.3 Å². The Morgan fingerprint density at radius 3 is 2.41 bits per heavy atom. The Morgan fingerprint density at radius 2 is 1.90 bits per heavy atom. The number of nitrogens with zero attached hydrogens (tertiary/aromatic N) is 3. The molecule has 0 atom stereocenters. The van der Waals surface area contributed by atoms with Crippen molar-refractivity contribution in [2.24, 2.45) is 17.3 Å². The van der Waals surface area contributed by atoms with Crippen molar-refractivity contribution in [3.63, 3.8) is 0 Å². The Hall–Kier alpha value is -2.11. The number of hydrogen-bond acceptors (Lipinski definition) is 4. The summed E-state index contributed by atoms with van der Waals surface area (Å²) in [5.41, 5.74) is 0.305. The Balaban J connectivity index is 2.42. The van der Waals surface area contributed by atoms with Gasteiger partial charge in [0.25, 0.3) is 0 Å². The smallest absolute Gasteiger partial charge is 0.343 e. The lowest BCUT2D eigenvalue weighted by molar-refractivity contribution is -0.123. The van der Waals surface area contributed by atoms with Crippen LogP contribution in [0, 0.1) is 17.3 Å².